The average molecular weight is 350 g/mol. The molecule has 4 bridgehead atoms. The predicted molar refractivity (Wildman–Crippen MR) is 98.8 cm³/mol. The Bertz CT molecular complexity index is 985. The molecule has 0 unspecified atom stereocenters. The Morgan fingerprint density at radius 2 is 1.96 bits per heavy atom. The maximum Gasteiger partial charge on any atom is 0.165 e. The molecule has 4 rings (SSSR count). The minimum absolute atomic E-state index is 0.0341. The van der Waals surface area contributed by atoms with E-state index in [1.54, 1.807) is 6.20 Å². The number of Topliss-reactive ketones (excluding diaryl/α,β-unsaturated/α-hetero) is 2. The molecule has 3 aromatic rings. The van der Waals surface area contributed by atoms with E-state index in [1.165, 1.54) is 0 Å². The van der Waals surface area contributed by atoms with E-state index >= 15 is 0 Å². The second-order valence-electron chi connectivity index (χ2n) is 7.28. The first-order valence-corrected chi connectivity index (χ1v) is 9.11. The lowest BCUT2D eigenvalue weighted by molar-refractivity contribution is -0.122. The van der Waals surface area contributed by atoms with Crippen molar-refractivity contribution in [3.8, 4) is 11.3 Å². The number of hydrogen-bond acceptors (Lipinski definition) is 4. The summed E-state index contributed by atoms with van der Waals surface area (Å²) in [5, 5.41) is 12.8. The molecule has 1 aromatic carbocycles. The summed E-state index contributed by atoms with van der Waals surface area (Å²) in [7, 11) is 0. The Kier molecular flexibility index (Phi) is 4.18. The molecule has 0 fully saturated rings. The fraction of sp³-hybridized carbons (Fsp3) is 0.400. The fourth-order valence-corrected chi connectivity index (χ4v) is 3.50. The van der Waals surface area contributed by atoms with Gasteiger partial charge in [0.1, 0.15) is 11.5 Å². The number of ketones is 2. The number of benzene rings is 1. The van der Waals surface area contributed by atoms with Crippen molar-refractivity contribution in [2.24, 2.45) is 11.8 Å². The van der Waals surface area contributed by atoms with Gasteiger partial charge in [0.25, 0.3) is 0 Å². The van der Waals surface area contributed by atoms with Gasteiger partial charge in [-0.15, -0.1) is 0 Å². The molecule has 6 nitrogen and oxygen atoms in total. The van der Waals surface area contributed by atoms with Crippen LogP contribution < -0.4 is 0 Å². The van der Waals surface area contributed by atoms with Crippen LogP contribution in [-0.4, -0.2) is 31.5 Å². The Morgan fingerprint density at radius 3 is 2.81 bits per heavy atom. The summed E-state index contributed by atoms with van der Waals surface area (Å²) in [6.45, 7) is 4.55. The number of carbonyl (C=O) groups excluding carboxylic acids is 2. The lowest BCUT2D eigenvalue weighted by Crippen LogP contribution is -2.17. The molecule has 1 N–H and O–H groups in total. The van der Waals surface area contributed by atoms with Crippen molar-refractivity contribution in [1.82, 2.24) is 20.0 Å². The normalized spacial score (nSPS) is 21.8. The van der Waals surface area contributed by atoms with E-state index in [1.807, 2.05) is 42.9 Å². The van der Waals surface area contributed by atoms with E-state index < -0.39 is 0 Å². The van der Waals surface area contributed by atoms with Gasteiger partial charge in [0.2, 0.25) is 0 Å². The number of aromatic nitrogens is 4. The van der Waals surface area contributed by atoms with E-state index in [9.17, 15) is 9.59 Å². The molecule has 26 heavy (non-hydrogen) atoms. The summed E-state index contributed by atoms with van der Waals surface area (Å²) in [5.41, 5.74) is 3.26. The number of hydrogen-bond donors (Lipinski definition) is 1. The molecule has 2 aromatic heterocycles. The van der Waals surface area contributed by atoms with Crippen molar-refractivity contribution in [2.45, 2.75) is 39.7 Å². The lowest BCUT2D eigenvalue weighted by atomic mass is 9.90. The first-order chi connectivity index (χ1) is 12.5. The third kappa shape index (κ3) is 2.96. The minimum Gasteiger partial charge on any atom is -0.299 e. The molecule has 2 atom stereocenters. The first-order valence-electron chi connectivity index (χ1n) is 9.11. The van der Waals surface area contributed by atoms with Gasteiger partial charge in [-0.25, -0.2) is 0 Å². The SMILES string of the molecule is C[C@@H]1CCn2cc(cn2)-c2n[nH]c3ccc(cc23)C(=O)[C@H](C)CCC1=O. The molecular formula is C20H22N4O2. The van der Waals surface area contributed by atoms with Gasteiger partial charge >= 0.3 is 0 Å². The molecule has 0 aliphatic carbocycles. The van der Waals surface area contributed by atoms with E-state index in [0.29, 0.717) is 24.9 Å². The van der Waals surface area contributed by atoms with Crippen molar-refractivity contribution in [3.63, 3.8) is 0 Å². The number of aryl methyl sites for hydroxylation is 1. The molecule has 3 heterocycles. The maximum atomic E-state index is 12.8. The van der Waals surface area contributed by atoms with E-state index in [-0.39, 0.29) is 23.4 Å². The zero-order chi connectivity index (χ0) is 18.3. The second kappa shape index (κ2) is 6.52. The fourth-order valence-electron chi connectivity index (χ4n) is 3.50. The topological polar surface area (TPSA) is 80.6 Å². The Labute approximate surface area is 151 Å². The standard InChI is InChI=1S/C20H22N4O2/c1-12-7-8-24-11-15(10-21-24)19-16-9-14(4-5-17(16)22-23-19)20(26)13(2)3-6-18(12)25/h4-5,9-13H,3,6-8H2,1-2H3,(H,22,23)/t12-,13-/m1/s1. The van der Waals surface area contributed by atoms with Crippen molar-refractivity contribution in [1.29, 1.82) is 0 Å². The molecule has 134 valence electrons. The highest BCUT2D eigenvalue weighted by molar-refractivity contribution is 6.03. The van der Waals surface area contributed by atoms with Gasteiger partial charge in [0, 0.05) is 47.5 Å². The van der Waals surface area contributed by atoms with Gasteiger partial charge in [-0.2, -0.15) is 10.2 Å². The van der Waals surface area contributed by atoms with Crippen LogP contribution in [0.25, 0.3) is 22.2 Å². The van der Waals surface area contributed by atoms with E-state index in [2.05, 4.69) is 15.3 Å². The Hall–Kier alpha value is -2.76. The summed E-state index contributed by atoms with van der Waals surface area (Å²) in [4.78, 5) is 25.2. The summed E-state index contributed by atoms with van der Waals surface area (Å²) in [5.74, 6) is 0.0823. The van der Waals surface area contributed by atoms with Gasteiger partial charge in [0.05, 0.1) is 11.7 Å². The third-order valence-corrected chi connectivity index (χ3v) is 5.37. The van der Waals surface area contributed by atoms with E-state index in [4.69, 9.17) is 0 Å². The van der Waals surface area contributed by atoms with Crippen molar-refractivity contribution in [3.05, 3.63) is 36.2 Å². The number of rotatable bonds is 0. The lowest BCUT2D eigenvalue weighted by Gasteiger charge is -2.13. The van der Waals surface area contributed by atoms with Gasteiger partial charge < -0.3 is 0 Å². The molecule has 1 aliphatic heterocycles. The van der Waals surface area contributed by atoms with Crippen LogP contribution in [0.1, 0.15) is 43.5 Å². The van der Waals surface area contributed by atoms with Crippen molar-refractivity contribution < 1.29 is 9.59 Å². The highest BCUT2D eigenvalue weighted by atomic mass is 16.1. The predicted octanol–water partition coefficient (Wildman–Crippen LogP) is 3.63. The zero-order valence-electron chi connectivity index (χ0n) is 15.0. The van der Waals surface area contributed by atoms with Gasteiger partial charge in [-0.05, 0) is 31.0 Å². The smallest absolute Gasteiger partial charge is 0.165 e. The van der Waals surface area contributed by atoms with Gasteiger partial charge in [-0.3, -0.25) is 19.4 Å². The molecule has 0 radical (unpaired) electrons. The number of aromatic amines is 1. The Balaban J connectivity index is 1.81. The van der Waals surface area contributed by atoms with Gasteiger partial charge in [0.15, 0.2) is 5.78 Å². The first kappa shape index (κ1) is 16.7. The van der Waals surface area contributed by atoms with Crippen LogP contribution in [0.15, 0.2) is 30.6 Å². The summed E-state index contributed by atoms with van der Waals surface area (Å²) in [6.07, 6.45) is 5.50. The maximum absolute atomic E-state index is 12.8. The number of carbonyl (C=O) groups is 2. The highest BCUT2D eigenvalue weighted by Crippen LogP contribution is 2.28. The number of H-pyrrole nitrogens is 1. The monoisotopic (exact) mass is 350 g/mol. The minimum atomic E-state index is -0.176. The van der Waals surface area contributed by atoms with Crippen LogP contribution in [0, 0.1) is 11.8 Å². The molecule has 1 aliphatic rings. The van der Waals surface area contributed by atoms with Crippen LogP contribution >= 0.6 is 0 Å². The molecular weight excluding hydrogens is 328 g/mol. The van der Waals surface area contributed by atoms with Crippen LogP contribution in [0.2, 0.25) is 0 Å². The van der Waals surface area contributed by atoms with E-state index in [0.717, 1.165) is 28.6 Å². The summed E-state index contributed by atoms with van der Waals surface area (Å²) in [6, 6.07) is 5.62. The van der Waals surface area contributed by atoms with Crippen LogP contribution in [0.4, 0.5) is 0 Å². The number of nitrogens with zero attached hydrogens (tertiary/aromatic N) is 3. The molecule has 0 saturated carbocycles. The molecule has 0 saturated heterocycles. The van der Waals surface area contributed by atoms with Gasteiger partial charge in [-0.1, -0.05) is 13.8 Å². The molecule has 0 spiro atoms. The third-order valence-electron chi connectivity index (χ3n) is 5.37. The summed E-state index contributed by atoms with van der Waals surface area (Å²) >= 11 is 0. The highest BCUT2D eigenvalue weighted by Gasteiger charge is 2.21. The molecule has 6 heteroatoms. The second-order valence-corrected chi connectivity index (χ2v) is 7.28. The molecule has 0 amide bonds. The quantitative estimate of drug-likeness (QED) is 0.671. The van der Waals surface area contributed by atoms with Crippen LogP contribution in [0.3, 0.4) is 0 Å². The average Bonchev–Trinajstić information content (AvgIpc) is 3.28. The Morgan fingerprint density at radius 1 is 1.12 bits per heavy atom. The zero-order valence-corrected chi connectivity index (χ0v) is 15.0. The largest absolute Gasteiger partial charge is 0.299 e. The number of nitrogens with one attached hydrogen (secondary N) is 1. The van der Waals surface area contributed by atoms with Crippen LogP contribution in [0.5, 0.6) is 0 Å². The number of fused-ring (bicyclic) bond motifs is 4. The van der Waals surface area contributed by atoms with Crippen LogP contribution in [-0.2, 0) is 11.3 Å². The van der Waals surface area contributed by atoms with Crippen molar-refractivity contribution >= 4 is 22.5 Å². The summed E-state index contributed by atoms with van der Waals surface area (Å²) < 4.78 is 1.86. The van der Waals surface area contributed by atoms with Crippen molar-refractivity contribution in [2.75, 3.05) is 0 Å².